The van der Waals surface area contributed by atoms with Gasteiger partial charge in [-0.3, -0.25) is 4.79 Å². The van der Waals surface area contributed by atoms with Crippen molar-refractivity contribution in [2.75, 3.05) is 7.11 Å². The van der Waals surface area contributed by atoms with Gasteiger partial charge < -0.3 is 4.74 Å². The largest absolute Gasteiger partial charge is 0.373 e. The van der Waals surface area contributed by atoms with Crippen LogP contribution in [0.4, 0.5) is 0 Å². The maximum absolute atomic E-state index is 12.6. The minimum atomic E-state index is -0.111. The lowest BCUT2D eigenvalue weighted by Crippen LogP contribution is -2.38. The lowest BCUT2D eigenvalue weighted by Gasteiger charge is -2.33. The number of carbonyl (C=O) groups is 1. The molecule has 2 aliphatic rings. The molecule has 2 saturated carbocycles. The Morgan fingerprint density at radius 3 is 2.39 bits per heavy atom. The second-order valence-electron chi connectivity index (χ2n) is 6.43. The molecule has 0 N–H and O–H groups in total. The van der Waals surface area contributed by atoms with E-state index in [1.54, 1.807) is 7.11 Å². The predicted octanol–water partition coefficient (Wildman–Crippen LogP) is 3.98. The number of rotatable bonds is 4. The lowest BCUT2D eigenvalue weighted by molar-refractivity contribution is -0.138. The molecule has 0 aliphatic heterocycles. The zero-order valence-electron chi connectivity index (χ0n) is 12.0. The molecule has 0 amide bonds. The summed E-state index contributed by atoms with van der Waals surface area (Å²) in [6, 6.07) is 0. The van der Waals surface area contributed by atoms with Gasteiger partial charge in [-0.25, -0.2) is 0 Å². The summed E-state index contributed by atoms with van der Waals surface area (Å²) in [7, 11) is 1.73. The van der Waals surface area contributed by atoms with Crippen LogP contribution in [0, 0.1) is 17.8 Å². The zero-order chi connectivity index (χ0) is 13.0. The van der Waals surface area contributed by atoms with E-state index >= 15 is 0 Å². The number of methoxy groups -OCH3 is 1. The first-order chi connectivity index (χ1) is 8.72. The first kappa shape index (κ1) is 14.0. The van der Waals surface area contributed by atoms with E-state index in [9.17, 15) is 4.79 Å². The van der Waals surface area contributed by atoms with Crippen LogP contribution in [0.3, 0.4) is 0 Å². The maximum atomic E-state index is 12.6. The number of hydrogen-bond donors (Lipinski definition) is 0. The van der Waals surface area contributed by atoms with Crippen LogP contribution >= 0.6 is 0 Å². The van der Waals surface area contributed by atoms with Gasteiger partial charge in [0.15, 0.2) is 5.78 Å². The van der Waals surface area contributed by atoms with Crippen molar-refractivity contribution >= 4 is 5.78 Å². The minimum absolute atomic E-state index is 0.111. The van der Waals surface area contributed by atoms with Gasteiger partial charge in [0.25, 0.3) is 0 Å². The van der Waals surface area contributed by atoms with Crippen LogP contribution in [0.25, 0.3) is 0 Å². The fourth-order valence-electron chi connectivity index (χ4n) is 3.90. The Hall–Kier alpha value is -0.370. The SMILES string of the molecule is COC(C(=O)C1CCCC(C)C1)C1CCCCC1. The molecule has 2 fully saturated rings. The van der Waals surface area contributed by atoms with Crippen LogP contribution in [0.5, 0.6) is 0 Å². The van der Waals surface area contributed by atoms with Crippen molar-refractivity contribution in [1.82, 2.24) is 0 Å². The van der Waals surface area contributed by atoms with Gasteiger partial charge in [0.2, 0.25) is 0 Å². The summed E-state index contributed by atoms with van der Waals surface area (Å²) in [6.45, 7) is 2.28. The number of ketones is 1. The van der Waals surface area contributed by atoms with Crippen molar-refractivity contribution < 1.29 is 9.53 Å². The highest BCUT2D eigenvalue weighted by Gasteiger charge is 2.35. The van der Waals surface area contributed by atoms with Crippen LogP contribution in [0.2, 0.25) is 0 Å². The number of ether oxygens (including phenoxy) is 1. The highest BCUT2D eigenvalue weighted by atomic mass is 16.5. The average Bonchev–Trinajstić information content (AvgIpc) is 2.41. The van der Waals surface area contributed by atoms with E-state index in [0.717, 1.165) is 18.8 Å². The second-order valence-corrected chi connectivity index (χ2v) is 6.43. The molecule has 0 bridgehead atoms. The monoisotopic (exact) mass is 252 g/mol. The Kier molecular flexibility index (Phi) is 5.23. The standard InChI is InChI=1S/C16H28O2/c1-12-7-6-10-14(11-12)15(17)16(18-2)13-8-4-3-5-9-13/h12-14,16H,3-11H2,1-2H3. The first-order valence-electron chi connectivity index (χ1n) is 7.79. The summed E-state index contributed by atoms with van der Waals surface area (Å²) >= 11 is 0. The molecule has 2 rings (SSSR count). The fraction of sp³-hybridized carbons (Fsp3) is 0.938. The molecule has 2 aliphatic carbocycles. The Morgan fingerprint density at radius 2 is 1.78 bits per heavy atom. The molecule has 0 aromatic heterocycles. The number of Topliss-reactive ketones (excluding diaryl/α,β-unsaturated/α-hetero) is 1. The molecule has 104 valence electrons. The first-order valence-corrected chi connectivity index (χ1v) is 7.79. The van der Waals surface area contributed by atoms with Crippen LogP contribution < -0.4 is 0 Å². The van der Waals surface area contributed by atoms with Crippen LogP contribution in [0.15, 0.2) is 0 Å². The van der Waals surface area contributed by atoms with E-state index in [0.29, 0.717) is 11.7 Å². The fourth-order valence-corrected chi connectivity index (χ4v) is 3.90. The molecule has 0 saturated heterocycles. The molecule has 0 aromatic carbocycles. The molecular formula is C16H28O2. The van der Waals surface area contributed by atoms with Crippen molar-refractivity contribution in [2.45, 2.75) is 70.8 Å². The summed E-state index contributed by atoms with van der Waals surface area (Å²) in [5.41, 5.74) is 0. The highest BCUT2D eigenvalue weighted by molar-refractivity contribution is 5.85. The van der Waals surface area contributed by atoms with E-state index in [1.165, 1.54) is 44.9 Å². The van der Waals surface area contributed by atoms with E-state index < -0.39 is 0 Å². The van der Waals surface area contributed by atoms with Crippen molar-refractivity contribution in [3.8, 4) is 0 Å². The summed E-state index contributed by atoms with van der Waals surface area (Å²) in [6.07, 6.45) is 10.9. The number of hydrogen-bond acceptors (Lipinski definition) is 2. The van der Waals surface area contributed by atoms with E-state index in [4.69, 9.17) is 4.74 Å². The molecule has 2 nitrogen and oxygen atoms in total. The van der Waals surface area contributed by atoms with Crippen molar-refractivity contribution in [3.05, 3.63) is 0 Å². The molecule has 18 heavy (non-hydrogen) atoms. The molecule has 3 atom stereocenters. The molecule has 0 spiro atoms. The van der Waals surface area contributed by atoms with Gasteiger partial charge in [0.1, 0.15) is 6.10 Å². The summed E-state index contributed by atoms with van der Waals surface area (Å²) in [4.78, 5) is 12.6. The summed E-state index contributed by atoms with van der Waals surface area (Å²) < 4.78 is 5.59. The molecule has 2 heteroatoms. The van der Waals surface area contributed by atoms with Crippen molar-refractivity contribution in [2.24, 2.45) is 17.8 Å². The Balaban J connectivity index is 1.95. The normalized spacial score (nSPS) is 32.1. The molecule has 3 unspecified atom stereocenters. The quantitative estimate of drug-likeness (QED) is 0.756. The van der Waals surface area contributed by atoms with Crippen LogP contribution in [0.1, 0.15) is 64.7 Å². The topological polar surface area (TPSA) is 26.3 Å². The van der Waals surface area contributed by atoms with Gasteiger partial charge in [-0.1, -0.05) is 39.0 Å². The molecule has 0 aromatic rings. The lowest BCUT2D eigenvalue weighted by atomic mass is 9.75. The Morgan fingerprint density at radius 1 is 1.06 bits per heavy atom. The summed E-state index contributed by atoms with van der Waals surface area (Å²) in [5, 5.41) is 0. The number of carbonyl (C=O) groups excluding carboxylic acids is 1. The third-order valence-corrected chi connectivity index (χ3v) is 4.95. The Labute approximate surface area is 111 Å². The van der Waals surface area contributed by atoms with Crippen molar-refractivity contribution in [3.63, 3.8) is 0 Å². The van der Waals surface area contributed by atoms with E-state index in [2.05, 4.69) is 6.92 Å². The van der Waals surface area contributed by atoms with Gasteiger partial charge in [-0.2, -0.15) is 0 Å². The molecular weight excluding hydrogens is 224 g/mol. The van der Waals surface area contributed by atoms with Crippen LogP contribution in [-0.2, 0) is 9.53 Å². The molecule has 0 radical (unpaired) electrons. The minimum Gasteiger partial charge on any atom is -0.373 e. The third kappa shape index (κ3) is 3.34. The van der Waals surface area contributed by atoms with Crippen molar-refractivity contribution in [1.29, 1.82) is 0 Å². The average molecular weight is 252 g/mol. The van der Waals surface area contributed by atoms with Gasteiger partial charge in [0.05, 0.1) is 0 Å². The zero-order valence-corrected chi connectivity index (χ0v) is 12.0. The van der Waals surface area contributed by atoms with Gasteiger partial charge >= 0.3 is 0 Å². The second kappa shape index (κ2) is 6.70. The van der Waals surface area contributed by atoms with Gasteiger partial charge in [-0.05, 0) is 37.5 Å². The Bertz CT molecular complexity index is 268. The van der Waals surface area contributed by atoms with Crippen LogP contribution in [-0.4, -0.2) is 19.0 Å². The summed E-state index contributed by atoms with van der Waals surface area (Å²) in [5.74, 6) is 1.90. The molecule has 0 heterocycles. The predicted molar refractivity (Wildman–Crippen MR) is 73.5 cm³/mol. The van der Waals surface area contributed by atoms with E-state index in [-0.39, 0.29) is 12.0 Å². The van der Waals surface area contributed by atoms with E-state index in [1.807, 2.05) is 0 Å². The highest BCUT2D eigenvalue weighted by Crippen LogP contribution is 2.34. The van der Waals surface area contributed by atoms with Gasteiger partial charge in [0, 0.05) is 13.0 Å². The third-order valence-electron chi connectivity index (χ3n) is 4.95. The maximum Gasteiger partial charge on any atom is 0.164 e. The smallest absolute Gasteiger partial charge is 0.164 e. The van der Waals surface area contributed by atoms with Gasteiger partial charge in [-0.15, -0.1) is 0 Å².